The highest BCUT2D eigenvalue weighted by Crippen LogP contribution is 2.22. The molecular weight excluding hydrogens is 390 g/mol. The number of benzene rings is 3. The van der Waals surface area contributed by atoms with Gasteiger partial charge in [0.15, 0.2) is 6.61 Å². The van der Waals surface area contributed by atoms with Crippen LogP contribution in [0, 0.1) is 18.3 Å². The van der Waals surface area contributed by atoms with Gasteiger partial charge in [-0.05, 0) is 48.9 Å². The van der Waals surface area contributed by atoms with Gasteiger partial charge in [-0.15, -0.1) is 0 Å². The molecule has 31 heavy (non-hydrogen) atoms. The summed E-state index contributed by atoms with van der Waals surface area (Å²) in [6, 6.07) is 25.1. The number of ether oxygens (including phenoxy) is 1. The molecule has 0 radical (unpaired) electrons. The van der Waals surface area contributed by atoms with Crippen molar-refractivity contribution in [1.29, 1.82) is 5.26 Å². The number of amides is 2. The van der Waals surface area contributed by atoms with Crippen molar-refractivity contribution < 1.29 is 14.3 Å². The molecule has 2 N–H and O–H groups in total. The molecule has 2 amide bonds. The average molecular weight is 411 g/mol. The summed E-state index contributed by atoms with van der Waals surface area (Å²) in [5.41, 5.74) is 2.75. The fraction of sp³-hybridized carbons (Fsp3) is 0.0800. The molecule has 3 rings (SSSR count). The lowest BCUT2D eigenvalue weighted by Crippen LogP contribution is -2.20. The molecule has 3 aromatic carbocycles. The van der Waals surface area contributed by atoms with Gasteiger partial charge in [0.1, 0.15) is 17.4 Å². The highest BCUT2D eigenvalue weighted by atomic mass is 16.5. The standard InChI is InChI=1S/C25H21N3O3/c1-18-8-7-12-22(14-18)27-24(29)17-31-23-13-6-5-9-19(23)15-20(16-26)25(30)28-21-10-3-2-4-11-21/h2-15H,17H2,1H3,(H,27,29)(H,28,30)/b20-15+. The molecule has 0 heterocycles. The Labute approximate surface area is 180 Å². The van der Waals surface area contributed by atoms with Crippen LogP contribution in [0.25, 0.3) is 6.08 Å². The monoisotopic (exact) mass is 411 g/mol. The summed E-state index contributed by atoms with van der Waals surface area (Å²) in [6.07, 6.45) is 1.44. The first-order valence-corrected chi connectivity index (χ1v) is 9.61. The number of carbonyl (C=O) groups is 2. The van der Waals surface area contributed by atoms with Gasteiger partial charge in [0.2, 0.25) is 0 Å². The Morgan fingerprint density at radius 3 is 2.39 bits per heavy atom. The zero-order chi connectivity index (χ0) is 22.1. The first-order valence-electron chi connectivity index (χ1n) is 9.61. The molecule has 0 aliphatic heterocycles. The van der Waals surface area contributed by atoms with Crippen LogP contribution < -0.4 is 15.4 Å². The van der Waals surface area contributed by atoms with Crippen LogP contribution in [0.1, 0.15) is 11.1 Å². The van der Waals surface area contributed by atoms with E-state index in [2.05, 4.69) is 10.6 Å². The number of hydrogen-bond donors (Lipinski definition) is 2. The second-order valence-electron chi connectivity index (χ2n) is 6.73. The number of nitrogens with one attached hydrogen (secondary N) is 2. The Balaban J connectivity index is 1.69. The zero-order valence-electron chi connectivity index (χ0n) is 17.0. The molecule has 0 aliphatic rings. The maximum absolute atomic E-state index is 12.4. The molecule has 6 nitrogen and oxygen atoms in total. The van der Waals surface area contributed by atoms with Crippen molar-refractivity contribution in [3.8, 4) is 11.8 Å². The highest BCUT2D eigenvalue weighted by Gasteiger charge is 2.12. The zero-order valence-corrected chi connectivity index (χ0v) is 17.0. The average Bonchev–Trinajstić information content (AvgIpc) is 2.77. The molecule has 0 bridgehead atoms. The molecule has 154 valence electrons. The smallest absolute Gasteiger partial charge is 0.266 e. The number of nitriles is 1. The van der Waals surface area contributed by atoms with E-state index in [1.807, 2.05) is 37.3 Å². The van der Waals surface area contributed by atoms with E-state index in [4.69, 9.17) is 4.74 Å². The van der Waals surface area contributed by atoms with Crippen LogP contribution in [0.4, 0.5) is 11.4 Å². The number of aryl methyl sites for hydroxylation is 1. The summed E-state index contributed by atoms with van der Waals surface area (Å²) in [7, 11) is 0. The molecule has 0 fully saturated rings. The summed E-state index contributed by atoms with van der Waals surface area (Å²) in [4.78, 5) is 24.7. The van der Waals surface area contributed by atoms with Gasteiger partial charge >= 0.3 is 0 Å². The largest absolute Gasteiger partial charge is 0.483 e. The van der Waals surface area contributed by atoms with Crippen LogP contribution >= 0.6 is 0 Å². The Hall–Kier alpha value is -4.37. The van der Waals surface area contributed by atoms with Crippen LogP contribution in [0.2, 0.25) is 0 Å². The normalized spacial score (nSPS) is 10.6. The second-order valence-corrected chi connectivity index (χ2v) is 6.73. The predicted octanol–water partition coefficient (Wildman–Crippen LogP) is 4.56. The van der Waals surface area contributed by atoms with E-state index >= 15 is 0 Å². The molecule has 0 saturated carbocycles. The lowest BCUT2D eigenvalue weighted by Gasteiger charge is -2.10. The quantitative estimate of drug-likeness (QED) is 0.440. The van der Waals surface area contributed by atoms with Gasteiger partial charge in [-0.25, -0.2) is 0 Å². The molecule has 0 saturated heterocycles. The van der Waals surface area contributed by atoms with E-state index in [1.165, 1.54) is 6.08 Å². The van der Waals surface area contributed by atoms with Gasteiger partial charge in [-0.1, -0.05) is 48.5 Å². The van der Waals surface area contributed by atoms with Gasteiger partial charge in [0, 0.05) is 16.9 Å². The van der Waals surface area contributed by atoms with Gasteiger partial charge in [0.05, 0.1) is 0 Å². The minimum Gasteiger partial charge on any atom is -0.483 e. The highest BCUT2D eigenvalue weighted by molar-refractivity contribution is 6.09. The molecule has 0 aromatic heterocycles. The molecule has 0 aliphatic carbocycles. The van der Waals surface area contributed by atoms with E-state index in [9.17, 15) is 14.9 Å². The summed E-state index contributed by atoms with van der Waals surface area (Å²) in [6.45, 7) is 1.73. The van der Waals surface area contributed by atoms with Crippen LogP contribution in [-0.4, -0.2) is 18.4 Å². The minimum atomic E-state index is -0.527. The molecule has 0 atom stereocenters. The van der Waals surface area contributed by atoms with Crippen LogP contribution in [0.15, 0.2) is 84.4 Å². The van der Waals surface area contributed by atoms with Crippen molar-refractivity contribution in [2.75, 3.05) is 17.2 Å². The number of rotatable bonds is 7. The summed E-state index contributed by atoms with van der Waals surface area (Å²) in [5.74, 6) is -0.449. The number of carbonyl (C=O) groups excluding carboxylic acids is 2. The van der Waals surface area contributed by atoms with Crippen molar-refractivity contribution in [1.82, 2.24) is 0 Å². The first kappa shape index (κ1) is 21.3. The number of anilines is 2. The van der Waals surface area contributed by atoms with E-state index < -0.39 is 5.91 Å². The van der Waals surface area contributed by atoms with Crippen molar-refractivity contribution in [2.24, 2.45) is 0 Å². The molecular formula is C25H21N3O3. The number of hydrogen-bond acceptors (Lipinski definition) is 4. The fourth-order valence-electron chi connectivity index (χ4n) is 2.82. The van der Waals surface area contributed by atoms with Crippen LogP contribution in [0.5, 0.6) is 5.75 Å². The first-order chi connectivity index (χ1) is 15.0. The Morgan fingerprint density at radius 1 is 0.935 bits per heavy atom. The SMILES string of the molecule is Cc1cccc(NC(=O)COc2ccccc2/C=C(\C#N)C(=O)Nc2ccccc2)c1. The van der Waals surface area contributed by atoms with Crippen LogP contribution in [0.3, 0.4) is 0 Å². The van der Waals surface area contributed by atoms with Crippen molar-refractivity contribution >= 4 is 29.3 Å². The van der Waals surface area contributed by atoms with Gasteiger partial charge < -0.3 is 15.4 Å². The maximum Gasteiger partial charge on any atom is 0.266 e. The van der Waals surface area contributed by atoms with Gasteiger partial charge in [0.25, 0.3) is 11.8 Å². The third-order valence-electron chi connectivity index (χ3n) is 4.28. The third kappa shape index (κ3) is 6.31. The van der Waals surface area contributed by atoms with E-state index in [0.717, 1.165) is 5.56 Å². The van der Waals surface area contributed by atoms with Crippen molar-refractivity contribution in [3.63, 3.8) is 0 Å². The topological polar surface area (TPSA) is 91.2 Å². The lowest BCUT2D eigenvalue weighted by atomic mass is 10.1. The van der Waals surface area contributed by atoms with Crippen molar-refractivity contribution in [2.45, 2.75) is 6.92 Å². The summed E-state index contributed by atoms with van der Waals surface area (Å²) in [5, 5.41) is 14.9. The molecule has 0 spiro atoms. The third-order valence-corrected chi connectivity index (χ3v) is 4.28. The summed E-state index contributed by atoms with van der Waals surface area (Å²) < 4.78 is 5.65. The molecule has 3 aromatic rings. The van der Waals surface area contributed by atoms with Crippen LogP contribution in [-0.2, 0) is 9.59 Å². The Bertz CT molecular complexity index is 1150. The van der Waals surface area contributed by atoms with Gasteiger partial charge in [-0.3, -0.25) is 9.59 Å². The number of para-hydroxylation sites is 2. The molecule has 0 unspecified atom stereocenters. The summed E-state index contributed by atoms with van der Waals surface area (Å²) >= 11 is 0. The Kier molecular flexibility index (Phi) is 7.17. The van der Waals surface area contributed by atoms with Crippen molar-refractivity contribution in [3.05, 3.63) is 95.6 Å². The van der Waals surface area contributed by atoms with E-state index in [0.29, 0.717) is 22.7 Å². The predicted molar refractivity (Wildman–Crippen MR) is 120 cm³/mol. The lowest BCUT2D eigenvalue weighted by molar-refractivity contribution is -0.118. The number of nitrogens with zero attached hydrogens (tertiary/aromatic N) is 1. The minimum absolute atomic E-state index is 0.0795. The van der Waals surface area contributed by atoms with Gasteiger partial charge in [-0.2, -0.15) is 5.26 Å². The second kappa shape index (κ2) is 10.4. The van der Waals surface area contributed by atoms with E-state index in [1.54, 1.807) is 54.6 Å². The maximum atomic E-state index is 12.4. The fourth-order valence-corrected chi connectivity index (χ4v) is 2.82. The Morgan fingerprint density at radius 2 is 1.65 bits per heavy atom. The van der Waals surface area contributed by atoms with E-state index in [-0.39, 0.29) is 18.1 Å². The molecule has 6 heteroatoms.